The van der Waals surface area contributed by atoms with E-state index in [1.54, 1.807) is 4.90 Å². The second-order valence-electron chi connectivity index (χ2n) is 5.13. The lowest BCUT2D eigenvalue weighted by Gasteiger charge is -2.21. The standard InChI is InChI=1S/C15H20N4O3S/c1-2-18(11-13-6-4-3-5-7-13)15(20)8-9-19-12-14(10-17-19)23(16,21)22/h3-7,10,12H,2,8-9,11H2,1H3,(H2,16,21,22). The first-order valence-electron chi connectivity index (χ1n) is 7.27. The second kappa shape index (κ2) is 7.38. The van der Waals surface area contributed by atoms with Crippen molar-refractivity contribution in [1.82, 2.24) is 14.7 Å². The maximum Gasteiger partial charge on any atom is 0.241 e. The fourth-order valence-electron chi connectivity index (χ4n) is 2.16. The number of hydrogen-bond acceptors (Lipinski definition) is 4. The first-order chi connectivity index (χ1) is 10.9. The summed E-state index contributed by atoms with van der Waals surface area (Å²) >= 11 is 0. The number of rotatable bonds is 7. The van der Waals surface area contributed by atoms with Crippen LogP contribution in [0.4, 0.5) is 0 Å². The van der Waals surface area contributed by atoms with E-state index in [-0.39, 0.29) is 17.2 Å². The Morgan fingerprint density at radius 1 is 1.30 bits per heavy atom. The predicted octanol–water partition coefficient (Wildman–Crippen LogP) is 0.969. The molecule has 2 aromatic rings. The normalized spacial score (nSPS) is 11.4. The number of sulfonamides is 1. The van der Waals surface area contributed by atoms with Gasteiger partial charge in [0.1, 0.15) is 4.90 Å². The third kappa shape index (κ3) is 4.90. The van der Waals surface area contributed by atoms with Gasteiger partial charge in [-0.2, -0.15) is 5.10 Å². The highest BCUT2D eigenvalue weighted by atomic mass is 32.2. The number of benzene rings is 1. The molecule has 1 aromatic carbocycles. The fourth-order valence-corrected chi connectivity index (χ4v) is 2.62. The van der Waals surface area contributed by atoms with Crippen molar-refractivity contribution in [1.29, 1.82) is 0 Å². The number of carbonyl (C=O) groups is 1. The Labute approximate surface area is 135 Å². The Morgan fingerprint density at radius 3 is 2.57 bits per heavy atom. The molecule has 0 radical (unpaired) electrons. The summed E-state index contributed by atoms with van der Waals surface area (Å²) in [6.07, 6.45) is 2.75. The Kier molecular flexibility index (Phi) is 5.51. The summed E-state index contributed by atoms with van der Waals surface area (Å²) < 4.78 is 23.8. The topological polar surface area (TPSA) is 98.3 Å². The minimum atomic E-state index is -3.76. The summed E-state index contributed by atoms with van der Waals surface area (Å²) in [5.41, 5.74) is 1.07. The number of nitrogens with zero attached hydrogens (tertiary/aromatic N) is 3. The van der Waals surface area contributed by atoms with Gasteiger partial charge in [-0.05, 0) is 12.5 Å². The van der Waals surface area contributed by atoms with E-state index in [0.29, 0.717) is 19.6 Å². The van der Waals surface area contributed by atoms with Crippen LogP contribution in [-0.2, 0) is 27.9 Å². The van der Waals surface area contributed by atoms with Gasteiger partial charge in [0.05, 0.1) is 6.20 Å². The lowest BCUT2D eigenvalue weighted by Crippen LogP contribution is -2.31. The third-order valence-corrected chi connectivity index (χ3v) is 4.31. The molecule has 8 heteroatoms. The van der Waals surface area contributed by atoms with Crippen LogP contribution in [0, 0.1) is 0 Å². The van der Waals surface area contributed by atoms with Crippen LogP contribution in [0.1, 0.15) is 18.9 Å². The Hall–Kier alpha value is -2.19. The van der Waals surface area contributed by atoms with Crippen molar-refractivity contribution in [2.45, 2.75) is 31.3 Å². The monoisotopic (exact) mass is 336 g/mol. The molecule has 0 bridgehead atoms. The number of carbonyl (C=O) groups excluding carboxylic acids is 1. The number of hydrogen-bond donors (Lipinski definition) is 1. The molecular formula is C15H20N4O3S. The van der Waals surface area contributed by atoms with Crippen molar-refractivity contribution in [2.75, 3.05) is 6.54 Å². The van der Waals surface area contributed by atoms with Crippen LogP contribution < -0.4 is 5.14 Å². The van der Waals surface area contributed by atoms with Crippen LogP contribution >= 0.6 is 0 Å². The van der Waals surface area contributed by atoms with E-state index < -0.39 is 10.0 Å². The minimum Gasteiger partial charge on any atom is -0.339 e. The van der Waals surface area contributed by atoms with Crippen molar-refractivity contribution >= 4 is 15.9 Å². The highest BCUT2D eigenvalue weighted by Crippen LogP contribution is 2.08. The van der Waals surface area contributed by atoms with E-state index in [2.05, 4.69) is 5.10 Å². The minimum absolute atomic E-state index is 0.0102. The van der Waals surface area contributed by atoms with Crippen LogP contribution in [0.15, 0.2) is 47.6 Å². The molecule has 124 valence electrons. The Bertz CT molecular complexity index is 756. The van der Waals surface area contributed by atoms with Gasteiger partial charge < -0.3 is 4.90 Å². The largest absolute Gasteiger partial charge is 0.339 e. The highest BCUT2D eigenvalue weighted by Gasteiger charge is 2.14. The molecule has 7 nitrogen and oxygen atoms in total. The third-order valence-electron chi connectivity index (χ3n) is 3.44. The summed E-state index contributed by atoms with van der Waals surface area (Å²) in [6.45, 7) is 3.39. The van der Waals surface area contributed by atoms with Crippen molar-refractivity contribution in [3.05, 3.63) is 48.3 Å². The molecule has 0 saturated heterocycles. The highest BCUT2D eigenvalue weighted by molar-refractivity contribution is 7.89. The van der Waals surface area contributed by atoms with Crippen molar-refractivity contribution in [2.24, 2.45) is 5.14 Å². The zero-order valence-corrected chi connectivity index (χ0v) is 13.7. The van der Waals surface area contributed by atoms with E-state index in [1.807, 2.05) is 37.3 Å². The average Bonchev–Trinajstić information content (AvgIpc) is 3.00. The van der Waals surface area contributed by atoms with Gasteiger partial charge in [0.2, 0.25) is 15.9 Å². The van der Waals surface area contributed by atoms with Gasteiger partial charge in [0.15, 0.2) is 0 Å². The molecule has 0 aliphatic heterocycles. The summed E-state index contributed by atoms with van der Waals surface area (Å²) in [6, 6.07) is 9.75. The number of primary sulfonamides is 1. The van der Waals surface area contributed by atoms with Crippen LogP contribution in [0.2, 0.25) is 0 Å². The molecule has 0 unspecified atom stereocenters. The SMILES string of the molecule is CCN(Cc1ccccc1)C(=O)CCn1cc(S(N)(=O)=O)cn1. The smallest absolute Gasteiger partial charge is 0.241 e. The lowest BCUT2D eigenvalue weighted by atomic mass is 10.2. The first kappa shape index (κ1) is 17.2. The Morgan fingerprint density at radius 2 is 2.00 bits per heavy atom. The molecule has 0 spiro atoms. The first-order valence-corrected chi connectivity index (χ1v) is 8.81. The van der Waals surface area contributed by atoms with Crippen molar-refractivity contribution in [3.8, 4) is 0 Å². The molecule has 23 heavy (non-hydrogen) atoms. The molecule has 0 atom stereocenters. The summed E-state index contributed by atoms with van der Waals surface area (Å²) in [4.78, 5) is 14.0. The van der Waals surface area contributed by atoms with E-state index in [0.717, 1.165) is 5.56 Å². The molecule has 1 heterocycles. The molecule has 0 fully saturated rings. The Balaban J connectivity index is 1.93. The number of aromatic nitrogens is 2. The summed E-state index contributed by atoms with van der Waals surface area (Å²) in [5, 5.41) is 8.94. The number of amides is 1. The van der Waals surface area contributed by atoms with Gasteiger partial charge in [-0.3, -0.25) is 9.48 Å². The zero-order valence-electron chi connectivity index (χ0n) is 12.9. The van der Waals surface area contributed by atoms with E-state index >= 15 is 0 Å². The van der Waals surface area contributed by atoms with E-state index in [4.69, 9.17) is 5.14 Å². The fraction of sp³-hybridized carbons (Fsp3) is 0.333. The van der Waals surface area contributed by atoms with Gasteiger partial charge in [-0.1, -0.05) is 30.3 Å². The molecule has 0 saturated carbocycles. The van der Waals surface area contributed by atoms with Crippen LogP contribution in [0.5, 0.6) is 0 Å². The molecule has 0 aliphatic carbocycles. The molecular weight excluding hydrogens is 316 g/mol. The molecule has 1 amide bonds. The zero-order chi connectivity index (χ0) is 16.9. The second-order valence-corrected chi connectivity index (χ2v) is 6.69. The molecule has 1 aromatic heterocycles. The summed E-state index contributed by atoms with van der Waals surface area (Å²) in [5.74, 6) is -0.0102. The van der Waals surface area contributed by atoms with E-state index in [9.17, 15) is 13.2 Å². The average molecular weight is 336 g/mol. The quantitative estimate of drug-likeness (QED) is 0.814. The molecule has 2 N–H and O–H groups in total. The van der Waals surface area contributed by atoms with Gasteiger partial charge in [-0.15, -0.1) is 0 Å². The maximum absolute atomic E-state index is 12.3. The van der Waals surface area contributed by atoms with Crippen LogP contribution in [0.25, 0.3) is 0 Å². The van der Waals surface area contributed by atoms with Gasteiger partial charge in [-0.25, -0.2) is 13.6 Å². The van der Waals surface area contributed by atoms with Gasteiger partial charge in [0, 0.05) is 32.3 Å². The lowest BCUT2D eigenvalue weighted by molar-refractivity contribution is -0.131. The summed E-state index contributed by atoms with van der Waals surface area (Å²) in [7, 11) is -3.76. The van der Waals surface area contributed by atoms with Crippen molar-refractivity contribution < 1.29 is 13.2 Å². The number of nitrogens with two attached hydrogens (primary N) is 1. The van der Waals surface area contributed by atoms with Crippen LogP contribution in [0.3, 0.4) is 0 Å². The van der Waals surface area contributed by atoms with Gasteiger partial charge in [0.25, 0.3) is 0 Å². The number of aryl methyl sites for hydroxylation is 1. The van der Waals surface area contributed by atoms with Gasteiger partial charge >= 0.3 is 0 Å². The molecule has 2 rings (SSSR count). The molecule has 0 aliphatic rings. The van der Waals surface area contributed by atoms with E-state index in [1.165, 1.54) is 17.1 Å². The van der Waals surface area contributed by atoms with Crippen molar-refractivity contribution in [3.63, 3.8) is 0 Å². The predicted molar refractivity (Wildman–Crippen MR) is 85.8 cm³/mol. The maximum atomic E-state index is 12.3. The van der Waals surface area contributed by atoms with Crippen LogP contribution in [-0.4, -0.2) is 35.6 Å².